The summed E-state index contributed by atoms with van der Waals surface area (Å²) in [7, 11) is 1.53. The molecule has 0 saturated carbocycles. The fraction of sp³-hybridized carbons (Fsp3) is 0.0667. The maximum absolute atomic E-state index is 12.7. The number of hydrogen-bond acceptors (Lipinski definition) is 3. The van der Waals surface area contributed by atoms with E-state index < -0.39 is 17.6 Å². The van der Waals surface area contributed by atoms with Crippen LogP contribution < -0.4 is 15.4 Å². The standard InChI is InChI=1S/C15H13FN2O3/c1-21-13-8-6-12(7-9-13)18-15(20)14(19)17-11-4-2-10(16)3-5-11/h2-9H,1H3,(H,17,19)(H,18,20). The third kappa shape index (κ3) is 4.04. The summed E-state index contributed by atoms with van der Waals surface area (Å²) in [5.41, 5.74) is 0.807. The van der Waals surface area contributed by atoms with E-state index in [1.165, 1.54) is 31.4 Å². The number of carbonyl (C=O) groups excluding carboxylic acids is 2. The molecule has 0 fully saturated rings. The SMILES string of the molecule is COc1ccc(NC(=O)C(=O)Nc2ccc(F)cc2)cc1. The van der Waals surface area contributed by atoms with E-state index in [0.29, 0.717) is 17.1 Å². The lowest BCUT2D eigenvalue weighted by atomic mass is 10.3. The van der Waals surface area contributed by atoms with Crippen LogP contribution >= 0.6 is 0 Å². The molecule has 0 heterocycles. The Morgan fingerprint density at radius 3 is 1.71 bits per heavy atom. The second-order valence-electron chi connectivity index (χ2n) is 4.14. The van der Waals surface area contributed by atoms with Crippen LogP contribution in [0.1, 0.15) is 0 Å². The zero-order chi connectivity index (χ0) is 15.2. The Morgan fingerprint density at radius 2 is 1.29 bits per heavy atom. The summed E-state index contributed by atoms with van der Waals surface area (Å²) in [5, 5.41) is 4.81. The van der Waals surface area contributed by atoms with Gasteiger partial charge in [0.1, 0.15) is 11.6 Å². The maximum atomic E-state index is 12.7. The second kappa shape index (κ2) is 6.51. The molecule has 0 aromatic heterocycles. The first-order valence-corrected chi connectivity index (χ1v) is 6.10. The number of halogens is 1. The van der Waals surface area contributed by atoms with Crippen molar-refractivity contribution in [3.05, 3.63) is 54.3 Å². The van der Waals surface area contributed by atoms with Crippen LogP contribution in [-0.4, -0.2) is 18.9 Å². The van der Waals surface area contributed by atoms with Crippen LogP contribution in [0.15, 0.2) is 48.5 Å². The van der Waals surface area contributed by atoms with Crippen LogP contribution in [0.2, 0.25) is 0 Å². The number of nitrogens with one attached hydrogen (secondary N) is 2. The molecule has 2 rings (SSSR count). The van der Waals surface area contributed by atoms with Gasteiger partial charge in [-0.1, -0.05) is 0 Å². The number of anilines is 2. The Labute approximate surface area is 120 Å². The van der Waals surface area contributed by atoms with Gasteiger partial charge in [-0.05, 0) is 48.5 Å². The van der Waals surface area contributed by atoms with E-state index in [4.69, 9.17) is 4.74 Å². The van der Waals surface area contributed by atoms with E-state index in [-0.39, 0.29) is 0 Å². The van der Waals surface area contributed by atoms with Crippen molar-refractivity contribution in [3.8, 4) is 5.75 Å². The van der Waals surface area contributed by atoms with Crippen molar-refractivity contribution in [3.63, 3.8) is 0 Å². The third-order valence-corrected chi connectivity index (χ3v) is 2.66. The van der Waals surface area contributed by atoms with Gasteiger partial charge in [0.25, 0.3) is 0 Å². The van der Waals surface area contributed by atoms with Crippen molar-refractivity contribution in [2.24, 2.45) is 0 Å². The Balaban J connectivity index is 1.95. The minimum Gasteiger partial charge on any atom is -0.497 e. The topological polar surface area (TPSA) is 67.4 Å². The van der Waals surface area contributed by atoms with Gasteiger partial charge in [0.2, 0.25) is 0 Å². The normalized spacial score (nSPS) is 9.81. The largest absolute Gasteiger partial charge is 0.497 e. The summed E-state index contributed by atoms with van der Waals surface area (Å²) >= 11 is 0. The zero-order valence-electron chi connectivity index (χ0n) is 11.2. The lowest BCUT2D eigenvalue weighted by Crippen LogP contribution is -2.29. The molecule has 21 heavy (non-hydrogen) atoms. The summed E-state index contributed by atoms with van der Waals surface area (Å²) in [4.78, 5) is 23.4. The minimum atomic E-state index is -0.836. The molecule has 5 nitrogen and oxygen atoms in total. The summed E-state index contributed by atoms with van der Waals surface area (Å²) in [6.45, 7) is 0. The number of methoxy groups -OCH3 is 1. The van der Waals surface area contributed by atoms with Crippen LogP contribution in [0, 0.1) is 5.82 Å². The van der Waals surface area contributed by atoms with E-state index >= 15 is 0 Å². The molecule has 0 aliphatic carbocycles. The lowest BCUT2D eigenvalue weighted by Gasteiger charge is -2.07. The van der Waals surface area contributed by atoms with E-state index in [2.05, 4.69) is 10.6 Å². The molecule has 108 valence electrons. The summed E-state index contributed by atoms with van der Waals surface area (Å²) in [5.74, 6) is -1.43. The van der Waals surface area contributed by atoms with Crippen LogP contribution in [0.5, 0.6) is 5.75 Å². The highest BCUT2D eigenvalue weighted by atomic mass is 19.1. The fourth-order valence-corrected chi connectivity index (χ4v) is 1.58. The van der Waals surface area contributed by atoms with Crippen LogP contribution in [0.3, 0.4) is 0 Å². The Bertz CT molecular complexity index is 639. The number of hydrogen-bond donors (Lipinski definition) is 2. The molecule has 0 atom stereocenters. The predicted octanol–water partition coefficient (Wildman–Crippen LogP) is 2.41. The highest BCUT2D eigenvalue weighted by Crippen LogP contribution is 2.15. The summed E-state index contributed by atoms with van der Waals surface area (Å²) < 4.78 is 17.7. The maximum Gasteiger partial charge on any atom is 0.314 e. The molecule has 2 aromatic rings. The summed E-state index contributed by atoms with van der Waals surface area (Å²) in [6.07, 6.45) is 0. The van der Waals surface area contributed by atoms with E-state index in [1.54, 1.807) is 24.3 Å². The molecular weight excluding hydrogens is 275 g/mol. The van der Waals surface area contributed by atoms with Gasteiger partial charge in [-0.3, -0.25) is 9.59 Å². The molecule has 0 radical (unpaired) electrons. The van der Waals surface area contributed by atoms with Crippen molar-refractivity contribution < 1.29 is 18.7 Å². The number of amides is 2. The van der Waals surface area contributed by atoms with Crippen molar-refractivity contribution in [1.29, 1.82) is 0 Å². The van der Waals surface area contributed by atoms with Crippen molar-refractivity contribution >= 4 is 23.2 Å². The fourth-order valence-electron chi connectivity index (χ4n) is 1.58. The smallest absolute Gasteiger partial charge is 0.314 e. The third-order valence-electron chi connectivity index (χ3n) is 2.66. The number of ether oxygens (including phenoxy) is 1. The molecule has 0 aliphatic heterocycles. The number of carbonyl (C=O) groups is 2. The van der Waals surface area contributed by atoms with E-state index in [9.17, 15) is 14.0 Å². The van der Waals surface area contributed by atoms with Crippen molar-refractivity contribution in [2.75, 3.05) is 17.7 Å². The highest BCUT2D eigenvalue weighted by Gasteiger charge is 2.14. The van der Waals surface area contributed by atoms with E-state index in [0.717, 1.165) is 0 Å². The molecule has 2 N–H and O–H groups in total. The Morgan fingerprint density at radius 1 is 0.857 bits per heavy atom. The van der Waals surface area contributed by atoms with Gasteiger partial charge in [-0.25, -0.2) is 4.39 Å². The average molecular weight is 288 g/mol. The average Bonchev–Trinajstić information content (AvgIpc) is 2.50. The first-order chi connectivity index (χ1) is 10.1. The highest BCUT2D eigenvalue weighted by molar-refractivity contribution is 6.43. The predicted molar refractivity (Wildman–Crippen MR) is 76.7 cm³/mol. The van der Waals surface area contributed by atoms with Gasteiger partial charge in [0.15, 0.2) is 0 Å². The van der Waals surface area contributed by atoms with Gasteiger partial charge in [0, 0.05) is 11.4 Å². The van der Waals surface area contributed by atoms with Gasteiger partial charge in [-0.15, -0.1) is 0 Å². The van der Waals surface area contributed by atoms with Crippen molar-refractivity contribution in [1.82, 2.24) is 0 Å². The van der Waals surface area contributed by atoms with Gasteiger partial charge >= 0.3 is 11.8 Å². The van der Waals surface area contributed by atoms with Crippen LogP contribution in [-0.2, 0) is 9.59 Å². The number of benzene rings is 2. The first kappa shape index (κ1) is 14.5. The first-order valence-electron chi connectivity index (χ1n) is 6.10. The quantitative estimate of drug-likeness (QED) is 0.852. The number of rotatable bonds is 3. The van der Waals surface area contributed by atoms with Gasteiger partial charge in [-0.2, -0.15) is 0 Å². The Kier molecular flexibility index (Phi) is 4.50. The second-order valence-corrected chi connectivity index (χ2v) is 4.14. The molecule has 0 spiro atoms. The molecule has 6 heteroatoms. The zero-order valence-corrected chi connectivity index (χ0v) is 11.2. The monoisotopic (exact) mass is 288 g/mol. The molecular formula is C15H13FN2O3. The van der Waals surface area contributed by atoms with Gasteiger partial charge < -0.3 is 15.4 Å². The van der Waals surface area contributed by atoms with Crippen molar-refractivity contribution in [2.45, 2.75) is 0 Å². The molecule has 0 bridgehead atoms. The molecule has 2 amide bonds. The lowest BCUT2D eigenvalue weighted by molar-refractivity contribution is -0.132. The molecule has 0 aliphatic rings. The minimum absolute atomic E-state index is 0.339. The Hall–Kier alpha value is -2.89. The molecule has 2 aromatic carbocycles. The molecule has 0 unspecified atom stereocenters. The van der Waals surface area contributed by atoms with Crippen LogP contribution in [0.25, 0.3) is 0 Å². The van der Waals surface area contributed by atoms with Crippen LogP contribution in [0.4, 0.5) is 15.8 Å². The van der Waals surface area contributed by atoms with Gasteiger partial charge in [0.05, 0.1) is 7.11 Å². The van der Waals surface area contributed by atoms with E-state index in [1.807, 2.05) is 0 Å². The summed E-state index contributed by atoms with van der Waals surface area (Å²) in [6, 6.07) is 11.7. The molecule has 0 saturated heterocycles.